The summed E-state index contributed by atoms with van der Waals surface area (Å²) in [4.78, 5) is 0. The van der Waals surface area contributed by atoms with E-state index in [1.807, 2.05) is 25.1 Å². The standard InChI is InChI=1S/C10H9N/c1-3-9-4-5-10(7-11)8(2)6-9/h3-6H,1H2,2H3. The van der Waals surface area contributed by atoms with Crippen molar-refractivity contribution in [3.8, 4) is 6.07 Å². The number of rotatable bonds is 1. The molecular formula is C10H9N. The molecule has 1 rings (SSSR count). The Kier molecular flexibility index (Phi) is 2.08. The third kappa shape index (κ3) is 1.47. The molecule has 0 unspecified atom stereocenters. The predicted octanol–water partition coefficient (Wildman–Crippen LogP) is 2.51. The van der Waals surface area contributed by atoms with Crippen molar-refractivity contribution in [3.63, 3.8) is 0 Å². The lowest BCUT2D eigenvalue weighted by Crippen LogP contribution is -1.81. The van der Waals surface area contributed by atoms with Crippen LogP contribution in [0, 0.1) is 18.3 Å². The molecule has 0 aromatic heterocycles. The maximum Gasteiger partial charge on any atom is 0.0994 e. The van der Waals surface area contributed by atoms with Gasteiger partial charge in [0.2, 0.25) is 0 Å². The van der Waals surface area contributed by atoms with Crippen LogP contribution in [0.1, 0.15) is 16.7 Å². The van der Waals surface area contributed by atoms with Crippen molar-refractivity contribution in [1.29, 1.82) is 5.26 Å². The molecule has 0 atom stereocenters. The second kappa shape index (κ2) is 3.03. The average molecular weight is 143 g/mol. The van der Waals surface area contributed by atoms with Crippen LogP contribution in [0.5, 0.6) is 0 Å². The lowest BCUT2D eigenvalue weighted by Gasteiger charge is -1.97. The van der Waals surface area contributed by atoms with E-state index < -0.39 is 0 Å². The molecule has 0 aliphatic heterocycles. The third-order valence-electron chi connectivity index (χ3n) is 1.61. The molecule has 0 saturated heterocycles. The summed E-state index contributed by atoms with van der Waals surface area (Å²) in [6.45, 7) is 5.57. The lowest BCUT2D eigenvalue weighted by molar-refractivity contribution is 1.39. The molecule has 1 aromatic carbocycles. The molecule has 1 heteroatoms. The van der Waals surface area contributed by atoms with Crippen molar-refractivity contribution in [3.05, 3.63) is 41.5 Å². The topological polar surface area (TPSA) is 23.8 Å². The summed E-state index contributed by atoms with van der Waals surface area (Å²) >= 11 is 0. The summed E-state index contributed by atoms with van der Waals surface area (Å²) in [6.07, 6.45) is 1.77. The minimum Gasteiger partial charge on any atom is -0.192 e. The van der Waals surface area contributed by atoms with Crippen LogP contribution < -0.4 is 0 Å². The predicted molar refractivity (Wildman–Crippen MR) is 46.0 cm³/mol. The number of nitriles is 1. The Hall–Kier alpha value is -1.55. The fourth-order valence-electron chi connectivity index (χ4n) is 0.939. The Morgan fingerprint density at radius 1 is 1.55 bits per heavy atom. The Morgan fingerprint density at radius 2 is 2.27 bits per heavy atom. The Bertz CT molecular complexity index is 318. The van der Waals surface area contributed by atoms with E-state index in [-0.39, 0.29) is 0 Å². The number of hydrogen-bond donors (Lipinski definition) is 0. The maximum absolute atomic E-state index is 8.61. The Labute approximate surface area is 66.6 Å². The monoisotopic (exact) mass is 143 g/mol. The summed E-state index contributed by atoms with van der Waals surface area (Å²) in [7, 11) is 0. The zero-order chi connectivity index (χ0) is 8.27. The molecule has 0 fully saturated rings. The normalized spacial score (nSPS) is 8.73. The lowest BCUT2D eigenvalue weighted by atomic mass is 10.1. The summed E-state index contributed by atoms with van der Waals surface area (Å²) < 4.78 is 0. The van der Waals surface area contributed by atoms with Crippen LogP contribution in [0.25, 0.3) is 6.08 Å². The highest BCUT2D eigenvalue weighted by molar-refractivity contribution is 5.51. The van der Waals surface area contributed by atoms with Gasteiger partial charge in [0.1, 0.15) is 0 Å². The molecule has 1 nitrogen and oxygen atoms in total. The van der Waals surface area contributed by atoms with Gasteiger partial charge in [-0.25, -0.2) is 0 Å². The minimum absolute atomic E-state index is 0.732. The van der Waals surface area contributed by atoms with Crippen LogP contribution >= 0.6 is 0 Å². The molecule has 0 aliphatic rings. The van der Waals surface area contributed by atoms with Crippen molar-refractivity contribution in [1.82, 2.24) is 0 Å². The number of aryl methyl sites for hydroxylation is 1. The highest BCUT2D eigenvalue weighted by Crippen LogP contribution is 2.10. The van der Waals surface area contributed by atoms with Crippen molar-refractivity contribution in [2.24, 2.45) is 0 Å². The molecule has 1 aromatic rings. The first-order valence-corrected chi connectivity index (χ1v) is 3.41. The zero-order valence-corrected chi connectivity index (χ0v) is 6.46. The van der Waals surface area contributed by atoms with Crippen molar-refractivity contribution >= 4 is 6.08 Å². The van der Waals surface area contributed by atoms with Crippen molar-refractivity contribution in [2.75, 3.05) is 0 Å². The summed E-state index contributed by atoms with van der Waals surface area (Å²) in [6, 6.07) is 7.76. The summed E-state index contributed by atoms with van der Waals surface area (Å²) in [5.74, 6) is 0. The average Bonchev–Trinajstić information content (AvgIpc) is 2.04. The molecular weight excluding hydrogens is 134 g/mol. The van der Waals surface area contributed by atoms with Crippen LogP contribution in [0.15, 0.2) is 24.8 Å². The zero-order valence-electron chi connectivity index (χ0n) is 6.46. The summed E-state index contributed by atoms with van der Waals surface area (Å²) in [5, 5.41) is 8.61. The van der Waals surface area contributed by atoms with Crippen LogP contribution in [0.3, 0.4) is 0 Å². The SMILES string of the molecule is C=Cc1ccc(C#N)c(C)c1. The van der Waals surface area contributed by atoms with Gasteiger partial charge in [-0.1, -0.05) is 24.8 Å². The molecule has 0 heterocycles. The third-order valence-corrected chi connectivity index (χ3v) is 1.61. The van der Waals surface area contributed by atoms with Crippen LogP contribution in [0.4, 0.5) is 0 Å². The van der Waals surface area contributed by atoms with E-state index in [4.69, 9.17) is 5.26 Å². The molecule has 0 bridgehead atoms. The molecule has 11 heavy (non-hydrogen) atoms. The first-order valence-electron chi connectivity index (χ1n) is 3.41. The van der Waals surface area contributed by atoms with E-state index in [9.17, 15) is 0 Å². The van der Waals surface area contributed by atoms with Crippen LogP contribution in [-0.4, -0.2) is 0 Å². The van der Waals surface area contributed by atoms with Gasteiger partial charge in [-0.05, 0) is 24.1 Å². The van der Waals surface area contributed by atoms with Gasteiger partial charge in [0.15, 0.2) is 0 Å². The molecule has 0 spiro atoms. The van der Waals surface area contributed by atoms with Crippen LogP contribution in [-0.2, 0) is 0 Å². The molecule has 0 N–H and O–H groups in total. The van der Waals surface area contributed by atoms with E-state index >= 15 is 0 Å². The minimum atomic E-state index is 0.732. The first kappa shape index (κ1) is 7.56. The molecule has 0 radical (unpaired) electrons. The van der Waals surface area contributed by atoms with Gasteiger partial charge in [0.05, 0.1) is 11.6 Å². The Morgan fingerprint density at radius 3 is 2.73 bits per heavy atom. The van der Waals surface area contributed by atoms with E-state index in [1.165, 1.54) is 0 Å². The van der Waals surface area contributed by atoms with E-state index in [0.29, 0.717) is 0 Å². The van der Waals surface area contributed by atoms with Crippen molar-refractivity contribution in [2.45, 2.75) is 6.92 Å². The van der Waals surface area contributed by atoms with E-state index in [2.05, 4.69) is 12.6 Å². The van der Waals surface area contributed by atoms with Gasteiger partial charge >= 0.3 is 0 Å². The number of hydrogen-bond acceptors (Lipinski definition) is 1. The summed E-state index contributed by atoms with van der Waals surface area (Å²) in [5.41, 5.74) is 2.79. The molecule has 0 amide bonds. The van der Waals surface area contributed by atoms with E-state index in [0.717, 1.165) is 16.7 Å². The second-order valence-corrected chi connectivity index (χ2v) is 2.39. The molecule has 0 aliphatic carbocycles. The maximum atomic E-state index is 8.61. The van der Waals surface area contributed by atoms with Crippen LogP contribution in [0.2, 0.25) is 0 Å². The Balaban J connectivity index is 3.22. The fraction of sp³-hybridized carbons (Fsp3) is 0.100. The second-order valence-electron chi connectivity index (χ2n) is 2.39. The largest absolute Gasteiger partial charge is 0.192 e. The van der Waals surface area contributed by atoms with Gasteiger partial charge in [0.25, 0.3) is 0 Å². The molecule has 0 saturated carbocycles. The highest BCUT2D eigenvalue weighted by Gasteiger charge is 1.95. The van der Waals surface area contributed by atoms with Gasteiger partial charge < -0.3 is 0 Å². The van der Waals surface area contributed by atoms with Gasteiger partial charge in [-0.15, -0.1) is 0 Å². The fourth-order valence-corrected chi connectivity index (χ4v) is 0.939. The van der Waals surface area contributed by atoms with Gasteiger partial charge in [0, 0.05) is 0 Å². The smallest absolute Gasteiger partial charge is 0.0994 e. The number of nitrogens with zero attached hydrogens (tertiary/aromatic N) is 1. The van der Waals surface area contributed by atoms with Gasteiger partial charge in [-0.3, -0.25) is 0 Å². The molecule has 54 valence electrons. The first-order chi connectivity index (χ1) is 5.27. The van der Waals surface area contributed by atoms with Crippen molar-refractivity contribution < 1.29 is 0 Å². The quantitative estimate of drug-likeness (QED) is 0.592. The number of benzene rings is 1. The van der Waals surface area contributed by atoms with E-state index in [1.54, 1.807) is 6.08 Å². The van der Waals surface area contributed by atoms with Gasteiger partial charge in [-0.2, -0.15) is 5.26 Å². The highest BCUT2D eigenvalue weighted by atomic mass is 14.2.